The molecule has 0 radical (unpaired) electrons. The Labute approximate surface area is 173 Å². The maximum atomic E-state index is 13.1. The highest BCUT2D eigenvalue weighted by Crippen LogP contribution is 2.38. The van der Waals surface area contributed by atoms with Crippen molar-refractivity contribution in [2.45, 2.75) is 24.9 Å². The van der Waals surface area contributed by atoms with Gasteiger partial charge in [-0.05, 0) is 17.9 Å². The summed E-state index contributed by atoms with van der Waals surface area (Å²) >= 11 is 0. The molecule has 1 aliphatic carbocycles. The van der Waals surface area contributed by atoms with Crippen LogP contribution in [-0.2, 0) is 6.54 Å². The Morgan fingerprint density at radius 2 is 1.90 bits per heavy atom. The first-order valence-corrected chi connectivity index (χ1v) is 9.75. The van der Waals surface area contributed by atoms with Gasteiger partial charge in [-0.2, -0.15) is 0 Å². The largest absolute Gasteiger partial charge is 0.503 e. The number of fused-ring (bicyclic) bond motifs is 1. The highest BCUT2D eigenvalue weighted by atomic mass is 16.4. The number of carboxylic acids is 1. The quantitative estimate of drug-likeness (QED) is 0.813. The molecule has 2 aliphatic rings. The lowest BCUT2D eigenvalue weighted by atomic mass is 9.76. The molecular weight excluding hydrogens is 384 g/mol. The SMILES string of the molecule is CN1C(=O)c2c(O)c(=O)c(C(=O)O)cn2C[C@H]1C(c1ccccc1)C1C=CC=CC1. The predicted molar refractivity (Wildman–Crippen MR) is 111 cm³/mol. The van der Waals surface area contributed by atoms with Gasteiger partial charge < -0.3 is 19.7 Å². The summed E-state index contributed by atoms with van der Waals surface area (Å²) in [6, 6.07) is 9.59. The fourth-order valence-corrected chi connectivity index (χ4v) is 4.46. The topological polar surface area (TPSA) is 99.8 Å². The summed E-state index contributed by atoms with van der Waals surface area (Å²) in [6.07, 6.45) is 10.2. The first kappa shape index (κ1) is 19.7. The average Bonchev–Trinajstić information content (AvgIpc) is 2.75. The summed E-state index contributed by atoms with van der Waals surface area (Å²) in [5.74, 6) is -2.67. The van der Waals surface area contributed by atoms with Crippen LogP contribution in [-0.4, -0.2) is 44.6 Å². The molecule has 1 aliphatic heterocycles. The minimum Gasteiger partial charge on any atom is -0.503 e. The Bertz CT molecular complexity index is 1120. The molecule has 154 valence electrons. The summed E-state index contributed by atoms with van der Waals surface area (Å²) in [5.41, 5.74) is -0.702. The minimum absolute atomic E-state index is 0.0515. The molecule has 30 heavy (non-hydrogen) atoms. The highest BCUT2D eigenvalue weighted by molar-refractivity contribution is 5.97. The molecule has 0 saturated heterocycles. The monoisotopic (exact) mass is 406 g/mol. The van der Waals surface area contributed by atoms with Gasteiger partial charge in [-0.3, -0.25) is 9.59 Å². The van der Waals surface area contributed by atoms with Crippen LogP contribution < -0.4 is 5.43 Å². The number of likely N-dealkylation sites (N-methyl/N-ethyl adjacent to an activating group) is 1. The van der Waals surface area contributed by atoms with Gasteiger partial charge in [0.15, 0.2) is 11.4 Å². The fourth-order valence-electron chi connectivity index (χ4n) is 4.46. The van der Waals surface area contributed by atoms with Gasteiger partial charge in [0.1, 0.15) is 5.56 Å². The van der Waals surface area contributed by atoms with Crippen LogP contribution in [0.25, 0.3) is 0 Å². The van der Waals surface area contributed by atoms with E-state index < -0.39 is 28.6 Å². The molecule has 2 N–H and O–H groups in total. The van der Waals surface area contributed by atoms with E-state index in [1.807, 2.05) is 42.5 Å². The third-order valence-electron chi connectivity index (χ3n) is 5.96. The molecule has 0 spiro atoms. The Kier molecular flexibility index (Phi) is 5.03. The number of hydrogen-bond donors (Lipinski definition) is 2. The van der Waals surface area contributed by atoms with Crippen LogP contribution in [0.1, 0.15) is 38.7 Å². The molecule has 1 amide bonds. The summed E-state index contributed by atoms with van der Waals surface area (Å²) in [4.78, 5) is 38.3. The number of hydrogen-bond acceptors (Lipinski definition) is 4. The van der Waals surface area contributed by atoms with Gasteiger partial charge in [0, 0.05) is 25.7 Å². The van der Waals surface area contributed by atoms with Crippen LogP contribution in [0.5, 0.6) is 5.75 Å². The lowest BCUT2D eigenvalue weighted by Crippen LogP contribution is -2.51. The van der Waals surface area contributed by atoms with Gasteiger partial charge in [-0.25, -0.2) is 4.79 Å². The summed E-state index contributed by atoms with van der Waals surface area (Å²) in [5, 5.41) is 19.6. The zero-order valence-corrected chi connectivity index (χ0v) is 16.4. The van der Waals surface area contributed by atoms with Crippen LogP contribution >= 0.6 is 0 Å². The number of benzene rings is 1. The van der Waals surface area contributed by atoms with E-state index in [4.69, 9.17) is 0 Å². The molecule has 0 bridgehead atoms. The van der Waals surface area contributed by atoms with Crippen LogP contribution in [0.4, 0.5) is 0 Å². The Balaban J connectivity index is 1.84. The van der Waals surface area contributed by atoms with Gasteiger partial charge in [0.2, 0.25) is 5.43 Å². The van der Waals surface area contributed by atoms with Crippen molar-refractivity contribution >= 4 is 11.9 Å². The number of aromatic hydroxyl groups is 1. The second-order valence-electron chi connectivity index (χ2n) is 7.66. The normalized spacial score (nSPS) is 21.4. The molecule has 7 nitrogen and oxygen atoms in total. The van der Waals surface area contributed by atoms with E-state index in [1.165, 1.54) is 4.57 Å². The van der Waals surface area contributed by atoms with Crippen molar-refractivity contribution in [1.82, 2.24) is 9.47 Å². The molecule has 1 aromatic carbocycles. The number of carboxylic acid groups (broad SMARTS) is 1. The number of aromatic carboxylic acids is 1. The van der Waals surface area contributed by atoms with Gasteiger partial charge in [0.25, 0.3) is 5.91 Å². The summed E-state index contributed by atoms with van der Waals surface area (Å²) < 4.78 is 1.41. The standard InChI is InChI=1S/C23H22N2O5/c1-24-17(18(14-8-4-2-5-9-14)15-10-6-3-7-11-15)13-25-12-16(23(29)30)20(26)21(27)19(25)22(24)28/h2-10,12,15,17-18,27H,11,13H2,1H3,(H,29,30)/t15?,17-,18?/m0/s1. The second-order valence-corrected chi connectivity index (χ2v) is 7.66. The molecule has 3 atom stereocenters. The fraction of sp³-hybridized carbons (Fsp3) is 0.261. The maximum absolute atomic E-state index is 13.1. The van der Waals surface area contributed by atoms with Crippen molar-refractivity contribution in [2.75, 3.05) is 7.05 Å². The van der Waals surface area contributed by atoms with Crippen LogP contribution in [0.3, 0.4) is 0 Å². The minimum atomic E-state index is -1.44. The van der Waals surface area contributed by atoms with Gasteiger partial charge in [-0.15, -0.1) is 0 Å². The lowest BCUT2D eigenvalue weighted by molar-refractivity contribution is 0.0584. The van der Waals surface area contributed by atoms with Gasteiger partial charge in [-0.1, -0.05) is 54.6 Å². The van der Waals surface area contributed by atoms with Crippen molar-refractivity contribution in [3.8, 4) is 5.75 Å². The van der Waals surface area contributed by atoms with E-state index in [1.54, 1.807) is 11.9 Å². The van der Waals surface area contributed by atoms with E-state index in [2.05, 4.69) is 12.2 Å². The molecule has 7 heteroatoms. The van der Waals surface area contributed by atoms with Crippen LogP contribution in [0.2, 0.25) is 0 Å². The highest BCUT2D eigenvalue weighted by Gasteiger charge is 2.40. The molecule has 4 rings (SSSR count). The predicted octanol–water partition coefficient (Wildman–Crippen LogP) is 2.62. The molecule has 1 aromatic heterocycles. The number of carbonyl (C=O) groups excluding carboxylic acids is 1. The molecule has 0 fully saturated rings. The average molecular weight is 406 g/mol. The number of allylic oxidation sites excluding steroid dienone is 4. The van der Waals surface area contributed by atoms with Crippen LogP contribution in [0, 0.1) is 5.92 Å². The van der Waals surface area contributed by atoms with E-state index >= 15 is 0 Å². The number of carbonyl (C=O) groups is 2. The summed E-state index contributed by atoms with van der Waals surface area (Å²) in [7, 11) is 1.66. The number of amides is 1. The Morgan fingerprint density at radius 3 is 2.53 bits per heavy atom. The molecule has 0 saturated carbocycles. The zero-order chi connectivity index (χ0) is 21.4. The van der Waals surface area contributed by atoms with Crippen molar-refractivity contribution in [1.29, 1.82) is 0 Å². The Hall–Kier alpha value is -3.61. The van der Waals surface area contributed by atoms with E-state index in [0.717, 1.165) is 18.2 Å². The van der Waals surface area contributed by atoms with Crippen molar-refractivity contribution in [3.63, 3.8) is 0 Å². The first-order chi connectivity index (χ1) is 14.4. The molecule has 2 heterocycles. The van der Waals surface area contributed by atoms with Crippen molar-refractivity contribution < 1.29 is 19.8 Å². The molecule has 2 aromatic rings. The van der Waals surface area contributed by atoms with Gasteiger partial charge in [0.05, 0.1) is 6.04 Å². The van der Waals surface area contributed by atoms with Crippen molar-refractivity contribution in [3.05, 3.63) is 87.9 Å². The summed E-state index contributed by atoms with van der Waals surface area (Å²) in [6.45, 7) is 0.263. The van der Waals surface area contributed by atoms with Gasteiger partial charge >= 0.3 is 5.97 Å². The Morgan fingerprint density at radius 1 is 1.17 bits per heavy atom. The van der Waals surface area contributed by atoms with Crippen molar-refractivity contribution in [2.24, 2.45) is 5.92 Å². The lowest BCUT2D eigenvalue weighted by Gasteiger charge is -2.42. The second kappa shape index (κ2) is 7.67. The zero-order valence-electron chi connectivity index (χ0n) is 16.4. The molecule has 2 unspecified atom stereocenters. The number of pyridine rings is 1. The molecular formula is C23H22N2O5. The van der Waals surface area contributed by atoms with E-state index in [-0.39, 0.29) is 30.1 Å². The number of nitrogens with zero attached hydrogens (tertiary/aromatic N) is 2. The third-order valence-corrected chi connectivity index (χ3v) is 5.96. The maximum Gasteiger partial charge on any atom is 0.341 e. The third kappa shape index (κ3) is 3.22. The van der Waals surface area contributed by atoms with Crippen LogP contribution in [0.15, 0.2) is 65.6 Å². The van der Waals surface area contributed by atoms with E-state index in [0.29, 0.717) is 0 Å². The number of rotatable bonds is 4. The first-order valence-electron chi connectivity index (χ1n) is 9.75. The smallest absolute Gasteiger partial charge is 0.341 e. The van der Waals surface area contributed by atoms with E-state index in [9.17, 15) is 24.6 Å². The number of aromatic nitrogens is 1.